The number of carbonyl (C=O) groups is 3. The first-order valence-electron chi connectivity index (χ1n) is 9.16. The van der Waals surface area contributed by atoms with Crippen molar-refractivity contribution in [1.82, 2.24) is 15.1 Å². The minimum atomic E-state index is -0.522. The van der Waals surface area contributed by atoms with Gasteiger partial charge in [-0.1, -0.05) is 48.5 Å². The van der Waals surface area contributed by atoms with Gasteiger partial charge in [-0.2, -0.15) is 0 Å². The Morgan fingerprint density at radius 3 is 2.33 bits per heavy atom. The topological polar surface area (TPSA) is 69.7 Å². The highest BCUT2D eigenvalue weighted by molar-refractivity contribution is 6.06. The van der Waals surface area contributed by atoms with E-state index in [4.69, 9.17) is 0 Å². The van der Waals surface area contributed by atoms with Crippen molar-refractivity contribution in [3.8, 4) is 0 Å². The lowest BCUT2D eigenvalue weighted by atomic mass is 9.99. The van der Waals surface area contributed by atoms with Gasteiger partial charge in [-0.05, 0) is 30.5 Å². The second-order valence-corrected chi connectivity index (χ2v) is 6.93. The van der Waals surface area contributed by atoms with Gasteiger partial charge >= 0.3 is 6.03 Å². The highest BCUT2D eigenvalue weighted by Gasteiger charge is 2.49. The molecule has 27 heavy (non-hydrogen) atoms. The van der Waals surface area contributed by atoms with Gasteiger partial charge in [-0.25, -0.2) is 4.79 Å². The third-order valence-electron chi connectivity index (χ3n) is 5.23. The number of rotatable bonds is 4. The van der Waals surface area contributed by atoms with Gasteiger partial charge in [0.2, 0.25) is 5.91 Å². The van der Waals surface area contributed by atoms with E-state index in [2.05, 4.69) is 5.32 Å². The molecule has 1 N–H and O–H groups in total. The van der Waals surface area contributed by atoms with Crippen LogP contribution in [0.1, 0.15) is 28.8 Å². The standard InChI is InChI=1S/C21H21N3O3/c25-19(22-13-15-7-3-1-4-8-15)18-12-11-17-14-23(18)21(27)24(17)20(26)16-9-5-2-6-10-16/h1-10,17-18H,11-14H2,(H,22,25)/t17-,18+/m1/s1. The van der Waals surface area contributed by atoms with Crippen molar-refractivity contribution >= 4 is 17.8 Å². The summed E-state index contributed by atoms with van der Waals surface area (Å²) in [6.07, 6.45) is 1.21. The Kier molecular flexibility index (Phi) is 4.62. The molecule has 0 unspecified atom stereocenters. The van der Waals surface area contributed by atoms with Gasteiger partial charge in [0.15, 0.2) is 0 Å². The Labute approximate surface area is 157 Å². The third-order valence-corrected chi connectivity index (χ3v) is 5.23. The quantitative estimate of drug-likeness (QED) is 0.907. The van der Waals surface area contributed by atoms with Crippen LogP contribution in [0.3, 0.4) is 0 Å². The Balaban J connectivity index is 1.44. The van der Waals surface area contributed by atoms with Gasteiger partial charge in [-0.15, -0.1) is 0 Å². The summed E-state index contributed by atoms with van der Waals surface area (Å²) < 4.78 is 0. The maximum atomic E-state index is 12.8. The molecule has 2 aromatic carbocycles. The molecule has 4 rings (SSSR count). The minimum Gasteiger partial charge on any atom is -0.350 e. The molecule has 0 aliphatic carbocycles. The molecular weight excluding hydrogens is 342 g/mol. The third kappa shape index (κ3) is 3.30. The first kappa shape index (κ1) is 17.3. The summed E-state index contributed by atoms with van der Waals surface area (Å²) in [6, 6.07) is 17.4. The van der Waals surface area contributed by atoms with Crippen LogP contribution >= 0.6 is 0 Å². The van der Waals surface area contributed by atoms with Crippen molar-refractivity contribution in [2.45, 2.75) is 31.5 Å². The first-order valence-corrected chi connectivity index (χ1v) is 9.16. The average molecular weight is 363 g/mol. The summed E-state index contributed by atoms with van der Waals surface area (Å²) in [5.41, 5.74) is 1.50. The van der Waals surface area contributed by atoms with E-state index in [0.29, 0.717) is 31.5 Å². The van der Waals surface area contributed by atoms with Crippen LogP contribution in [-0.4, -0.2) is 46.3 Å². The van der Waals surface area contributed by atoms with E-state index in [9.17, 15) is 14.4 Å². The number of imide groups is 1. The normalized spacial score (nSPS) is 21.3. The zero-order chi connectivity index (χ0) is 18.8. The van der Waals surface area contributed by atoms with E-state index in [1.807, 2.05) is 36.4 Å². The number of fused-ring (bicyclic) bond motifs is 2. The minimum absolute atomic E-state index is 0.164. The van der Waals surface area contributed by atoms with Crippen LogP contribution < -0.4 is 5.32 Å². The van der Waals surface area contributed by atoms with Gasteiger partial charge in [0.1, 0.15) is 6.04 Å². The Morgan fingerprint density at radius 1 is 0.963 bits per heavy atom. The molecule has 0 aromatic heterocycles. The van der Waals surface area contributed by atoms with Crippen LogP contribution in [0.2, 0.25) is 0 Å². The fourth-order valence-corrected chi connectivity index (χ4v) is 3.82. The summed E-state index contributed by atoms with van der Waals surface area (Å²) in [5, 5.41) is 2.91. The molecule has 2 aliphatic rings. The van der Waals surface area contributed by atoms with Crippen LogP contribution in [-0.2, 0) is 11.3 Å². The lowest BCUT2D eigenvalue weighted by Crippen LogP contribution is -2.49. The number of nitrogens with zero attached hydrogens (tertiary/aromatic N) is 2. The molecule has 2 saturated heterocycles. The zero-order valence-electron chi connectivity index (χ0n) is 14.9. The number of piperidine rings is 1. The summed E-state index contributed by atoms with van der Waals surface area (Å²) in [6.45, 7) is 0.842. The van der Waals surface area contributed by atoms with Gasteiger partial charge in [0.05, 0.1) is 6.04 Å². The average Bonchev–Trinajstić information content (AvgIpc) is 2.97. The van der Waals surface area contributed by atoms with Crippen LogP contribution in [0.5, 0.6) is 0 Å². The number of amides is 4. The lowest BCUT2D eigenvalue weighted by molar-refractivity contribution is -0.126. The Hall–Kier alpha value is -3.15. The molecule has 0 radical (unpaired) electrons. The fourth-order valence-electron chi connectivity index (χ4n) is 3.82. The number of hydrogen-bond donors (Lipinski definition) is 1. The number of hydrogen-bond acceptors (Lipinski definition) is 3. The monoisotopic (exact) mass is 363 g/mol. The molecule has 2 aromatic rings. The first-order chi connectivity index (χ1) is 13.1. The van der Waals surface area contributed by atoms with Crippen molar-refractivity contribution < 1.29 is 14.4 Å². The lowest BCUT2D eigenvalue weighted by Gasteiger charge is -2.29. The maximum Gasteiger partial charge on any atom is 0.328 e. The predicted octanol–water partition coefficient (Wildman–Crippen LogP) is 2.41. The van der Waals surface area contributed by atoms with Crippen LogP contribution in [0.15, 0.2) is 60.7 Å². The van der Waals surface area contributed by atoms with Crippen molar-refractivity contribution in [3.63, 3.8) is 0 Å². The van der Waals surface area contributed by atoms with Gasteiger partial charge in [-0.3, -0.25) is 14.5 Å². The molecule has 4 amide bonds. The highest BCUT2D eigenvalue weighted by atomic mass is 16.2. The number of nitrogens with one attached hydrogen (secondary N) is 1. The predicted molar refractivity (Wildman–Crippen MR) is 99.8 cm³/mol. The Bertz CT molecular complexity index is 853. The van der Waals surface area contributed by atoms with Gasteiger partial charge in [0, 0.05) is 18.7 Å². The molecule has 2 aliphatic heterocycles. The molecule has 2 atom stereocenters. The van der Waals surface area contributed by atoms with E-state index in [1.54, 1.807) is 24.3 Å². The summed E-state index contributed by atoms with van der Waals surface area (Å²) in [7, 11) is 0. The van der Waals surface area contributed by atoms with E-state index in [0.717, 1.165) is 5.56 Å². The van der Waals surface area contributed by atoms with Crippen molar-refractivity contribution in [2.75, 3.05) is 6.54 Å². The smallest absolute Gasteiger partial charge is 0.328 e. The number of benzene rings is 2. The second-order valence-electron chi connectivity index (χ2n) is 6.93. The van der Waals surface area contributed by atoms with Crippen molar-refractivity contribution in [1.29, 1.82) is 0 Å². The SMILES string of the molecule is O=C(NCc1ccccc1)[C@@H]1CC[C@@H]2CN1C(=O)N2C(=O)c1ccccc1. The molecule has 2 fully saturated rings. The molecule has 6 nitrogen and oxygen atoms in total. The Morgan fingerprint density at radius 2 is 1.63 bits per heavy atom. The molecule has 0 spiro atoms. The molecule has 2 bridgehead atoms. The summed E-state index contributed by atoms with van der Waals surface area (Å²) in [4.78, 5) is 41.1. The number of carbonyl (C=O) groups excluding carboxylic acids is 3. The van der Waals surface area contributed by atoms with E-state index in [-0.39, 0.29) is 23.9 Å². The zero-order valence-corrected chi connectivity index (χ0v) is 14.9. The molecule has 2 heterocycles. The summed E-state index contributed by atoms with van der Waals surface area (Å²) in [5.74, 6) is -0.460. The summed E-state index contributed by atoms with van der Waals surface area (Å²) >= 11 is 0. The van der Waals surface area contributed by atoms with E-state index in [1.165, 1.54) is 9.80 Å². The largest absolute Gasteiger partial charge is 0.350 e. The van der Waals surface area contributed by atoms with Crippen LogP contribution in [0, 0.1) is 0 Å². The fraction of sp³-hybridized carbons (Fsp3) is 0.286. The molecule has 138 valence electrons. The molecular formula is C21H21N3O3. The number of urea groups is 1. The molecule has 6 heteroatoms. The van der Waals surface area contributed by atoms with E-state index >= 15 is 0 Å². The highest BCUT2D eigenvalue weighted by Crippen LogP contribution is 2.31. The second kappa shape index (κ2) is 7.23. The van der Waals surface area contributed by atoms with Gasteiger partial charge < -0.3 is 10.2 Å². The van der Waals surface area contributed by atoms with Crippen molar-refractivity contribution in [2.24, 2.45) is 0 Å². The van der Waals surface area contributed by atoms with Crippen molar-refractivity contribution in [3.05, 3.63) is 71.8 Å². The maximum absolute atomic E-state index is 12.8. The molecule has 0 saturated carbocycles. The van der Waals surface area contributed by atoms with Gasteiger partial charge in [0.25, 0.3) is 5.91 Å². The van der Waals surface area contributed by atoms with Crippen LogP contribution in [0.4, 0.5) is 4.79 Å². The van der Waals surface area contributed by atoms with Crippen LogP contribution in [0.25, 0.3) is 0 Å². The van der Waals surface area contributed by atoms with E-state index < -0.39 is 6.04 Å².